The molecule has 2 aromatic carbocycles. The van der Waals surface area contributed by atoms with Gasteiger partial charge in [-0.15, -0.1) is 0 Å². The van der Waals surface area contributed by atoms with Crippen LogP contribution in [0, 0.1) is 0 Å². The van der Waals surface area contributed by atoms with Crippen molar-refractivity contribution in [3.63, 3.8) is 0 Å². The summed E-state index contributed by atoms with van der Waals surface area (Å²) in [6.45, 7) is 0.384. The lowest BCUT2D eigenvalue weighted by Gasteiger charge is -2.02. The number of H-pyrrole nitrogens is 1. The lowest BCUT2D eigenvalue weighted by molar-refractivity contribution is 0.297. The molecule has 0 amide bonds. The van der Waals surface area contributed by atoms with E-state index in [0.29, 0.717) is 12.3 Å². The van der Waals surface area contributed by atoms with E-state index >= 15 is 0 Å². The third-order valence-corrected chi connectivity index (χ3v) is 3.79. The maximum atomic E-state index is 5.72. The molecule has 0 unspecified atom stereocenters. The lowest BCUT2D eigenvalue weighted by atomic mass is 10.1. The van der Waals surface area contributed by atoms with E-state index in [9.17, 15) is 0 Å². The summed E-state index contributed by atoms with van der Waals surface area (Å²) >= 11 is 0. The number of imidazole rings is 1. The number of hydrogen-bond donors (Lipinski definition) is 1. The normalized spacial score (nSPS) is 11.2. The van der Waals surface area contributed by atoms with Gasteiger partial charge in [0.15, 0.2) is 5.65 Å². The van der Waals surface area contributed by atoms with E-state index in [0.717, 1.165) is 28.2 Å². The molecule has 4 nitrogen and oxygen atoms in total. The molecule has 0 saturated heterocycles. The molecule has 0 aliphatic carbocycles. The Morgan fingerprint density at radius 3 is 2.40 bits per heavy atom. The first-order valence-electron chi connectivity index (χ1n) is 8.12. The van der Waals surface area contributed by atoms with Gasteiger partial charge in [0, 0.05) is 6.20 Å². The van der Waals surface area contributed by atoms with Crippen LogP contribution in [0.15, 0.2) is 72.9 Å². The molecule has 0 radical (unpaired) electrons. The zero-order valence-electron chi connectivity index (χ0n) is 13.6. The molecule has 4 rings (SSSR count). The highest BCUT2D eigenvalue weighted by Gasteiger charge is 2.05. The van der Waals surface area contributed by atoms with Crippen molar-refractivity contribution in [1.29, 1.82) is 0 Å². The van der Waals surface area contributed by atoms with Crippen molar-refractivity contribution < 1.29 is 4.74 Å². The zero-order valence-corrected chi connectivity index (χ0v) is 13.6. The Morgan fingerprint density at radius 2 is 1.60 bits per heavy atom. The second-order valence-corrected chi connectivity index (χ2v) is 5.67. The highest BCUT2D eigenvalue weighted by atomic mass is 16.5. The number of benzene rings is 2. The van der Waals surface area contributed by atoms with Crippen molar-refractivity contribution in [3.05, 3.63) is 89.9 Å². The van der Waals surface area contributed by atoms with Gasteiger partial charge >= 0.3 is 0 Å². The molecule has 4 aromatic rings. The molecule has 0 atom stereocenters. The third kappa shape index (κ3) is 3.75. The number of pyridine rings is 1. The van der Waals surface area contributed by atoms with Gasteiger partial charge in [-0.1, -0.05) is 60.7 Å². The van der Waals surface area contributed by atoms with Gasteiger partial charge in [0.25, 0.3) is 0 Å². The van der Waals surface area contributed by atoms with Crippen LogP contribution in [0.1, 0.15) is 17.0 Å². The van der Waals surface area contributed by atoms with Crippen molar-refractivity contribution >= 4 is 23.3 Å². The van der Waals surface area contributed by atoms with Crippen molar-refractivity contribution in [2.24, 2.45) is 0 Å². The second-order valence-electron chi connectivity index (χ2n) is 5.67. The molecule has 0 fully saturated rings. The Kier molecular flexibility index (Phi) is 4.25. The van der Waals surface area contributed by atoms with Gasteiger partial charge in [0.1, 0.15) is 18.2 Å². The number of aromatic nitrogens is 3. The molecule has 0 spiro atoms. The van der Waals surface area contributed by atoms with Crippen LogP contribution >= 0.6 is 0 Å². The molecular formula is C21H17N3O. The van der Waals surface area contributed by atoms with Crippen LogP contribution in [-0.4, -0.2) is 15.0 Å². The van der Waals surface area contributed by atoms with E-state index in [1.165, 1.54) is 0 Å². The number of nitrogens with one attached hydrogen (secondary N) is 1. The topological polar surface area (TPSA) is 50.8 Å². The SMILES string of the molecule is C(=Cc1cnc2nc(COc3ccccc3)[nH]c2c1)c1ccccc1. The highest BCUT2D eigenvalue weighted by Crippen LogP contribution is 2.15. The molecule has 0 aliphatic heterocycles. The van der Waals surface area contributed by atoms with Crippen molar-refractivity contribution in [1.82, 2.24) is 15.0 Å². The number of ether oxygens (including phenoxy) is 1. The highest BCUT2D eigenvalue weighted by molar-refractivity contribution is 5.77. The van der Waals surface area contributed by atoms with Crippen LogP contribution in [0.3, 0.4) is 0 Å². The summed E-state index contributed by atoms with van der Waals surface area (Å²) in [7, 11) is 0. The van der Waals surface area contributed by atoms with Gasteiger partial charge in [-0.25, -0.2) is 9.97 Å². The summed E-state index contributed by atoms with van der Waals surface area (Å²) < 4.78 is 5.72. The van der Waals surface area contributed by atoms with Crippen molar-refractivity contribution in [3.8, 4) is 5.75 Å². The maximum absolute atomic E-state index is 5.72. The molecular weight excluding hydrogens is 310 g/mol. The molecule has 1 N–H and O–H groups in total. The predicted octanol–water partition coefficient (Wildman–Crippen LogP) is 4.71. The minimum absolute atomic E-state index is 0.384. The average molecular weight is 327 g/mol. The number of fused-ring (bicyclic) bond motifs is 1. The second kappa shape index (κ2) is 7.01. The third-order valence-electron chi connectivity index (χ3n) is 3.79. The van der Waals surface area contributed by atoms with Gasteiger partial charge in [-0.05, 0) is 29.3 Å². The van der Waals surface area contributed by atoms with E-state index in [1.54, 1.807) is 0 Å². The van der Waals surface area contributed by atoms with Crippen molar-refractivity contribution in [2.45, 2.75) is 6.61 Å². The number of aromatic amines is 1. The van der Waals surface area contributed by atoms with E-state index in [-0.39, 0.29) is 0 Å². The molecule has 2 heterocycles. The monoisotopic (exact) mass is 327 g/mol. The molecule has 25 heavy (non-hydrogen) atoms. The first kappa shape index (κ1) is 15.1. The summed E-state index contributed by atoms with van der Waals surface area (Å²) in [4.78, 5) is 12.2. The quantitative estimate of drug-likeness (QED) is 0.577. The summed E-state index contributed by atoms with van der Waals surface area (Å²) in [5, 5.41) is 0. The van der Waals surface area contributed by atoms with E-state index in [4.69, 9.17) is 4.74 Å². The summed E-state index contributed by atoms with van der Waals surface area (Å²) in [6.07, 6.45) is 5.94. The Labute approximate surface area is 145 Å². The van der Waals surface area contributed by atoms with E-state index < -0.39 is 0 Å². The predicted molar refractivity (Wildman–Crippen MR) is 100 cm³/mol. The maximum Gasteiger partial charge on any atom is 0.177 e. The summed E-state index contributed by atoms with van der Waals surface area (Å²) in [5.41, 5.74) is 3.78. The van der Waals surface area contributed by atoms with Gasteiger partial charge in [0.05, 0.1) is 5.52 Å². The minimum atomic E-state index is 0.384. The number of rotatable bonds is 5. The van der Waals surface area contributed by atoms with Crippen LogP contribution in [-0.2, 0) is 6.61 Å². The molecule has 0 aliphatic rings. The molecule has 4 heteroatoms. The standard InChI is InChI=1S/C21H17N3O/c1-3-7-16(8-4-1)11-12-17-13-19-21(22-14-17)24-20(23-19)15-25-18-9-5-2-6-10-18/h1-14H,15H2,(H,22,23,24). The summed E-state index contributed by atoms with van der Waals surface area (Å²) in [5.74, 6) is 1.58. The molecule has 2 aromatic heterocycles. The molecule has 0 saturated carbocycles. The Balaban J connectivity index is 1.50. The van der Waals surface area contributed by atoms with Gasteiger partial charge < -0.3 is 9.72 Å². The van der Waals surface area contributed by atoms with Gasteiger partial charge in [-0.2, -0.15) is 0 Å². The van der Waals surface area contributed by atoms with Crippen LogP contribution < -0.4 is 4.74 Å². The zero-order chi connectivity index (χ0) is 16.9. The first-order valence-corrected chi connectivity index (χ1v) is 8.12. The first-order chi connectivity index (χ1) is 12.4. The Hall–Kier alpha value is -3.40. The number of para-hydroxylation sites is 1. The fourth-order valence-electron chi connectivity index (χ4n) is 2.55. The fourth-order valence-corrected chi connectivity index (χ4v) is 2.55. The molecule has 0 bridgehead atoms. The van der Waals surface area contributed by atoms with Gasteiger partial charge in [-0.3, -0.25) is 0 Å². The van der Waals surface area contributed by atoms with Crippen molar-refractivity contribution in [2.75, 3.05) is 0 Å². The largest absolute Gasteiger partial charge is 0.486 e. The van der Waals surface area contributed by atoms with Gasteiger partial charge in [0.2, 0.25) is 0 Å². The average Bonchev–Trinajstić information content (AvgIpc) is 3.08. The lowest BCUT2D eigenvalue weighted by Crippen LogP contribution is -1.96. The number of nitrogens with zero attached hydrogens (tertiary/aromatic N) is 2. The van der Waals surface area contributed by atoms with Crippen LogP contribution in [0.5, 0.6) is 5.75 Å². The van der Waals surface area contributed by atoms with E-state index in [1.807, 2.05) is 66.9 Å². The van der Waals surface area contributed by atoms with E-state index in [2.05, 4.69) is 33.2 Å². The Bertz CT molecular complexity index is 992. The van der Waals surface area contributed by atoms with Crippen LogP contribution in [0.2, 0.25) is 0 Å². The number of hydrogen-bond acceptors (Lipinski definition) is 3. The minimum Gasteiger partial charge on any atom is -0.486 e. The fraction of sp³-hybridized carbons (Fsp3) is 0.0476. The summed E-state index contributed by atoms with van der Waals surface area (Å²) in [6, 6.07) is 21.9. The Morgan fingerprint density at radius 1 is 0.880 bits per heavy atom. The van der Waals surface area contributed by atoms with Crippen LogP contribution in [0.25, 0.3) is 23.3 Å². The smallest absolute Gasteiger partial charge is 0.177 e. The molecule has 122 valence electrons. The van der Waals surface area contributed by atoms with Crippen LogP contribution in [0.4, 0.5) is 0 Å².